The topological polar surface area (TPSA) is 12.0 Å². The number of allylic oxidation sites excluding steroid dienone is 2. The van der Waals surface area contributed by atoms with Gasteiger partial charge in [0.2, 0.25) is 0 Å². The predicted molar refractivity (Wildman–Crippen MR) is 45.2 cm³/mol. The maximum atomic E-state index is 3.53. The number of fused-ring (bicyclic) bond motifs is 5. The Labute approximate surface area is 67.9 Å². The van der Waals surface area contributed by atoms with E-state index in [2.05, 4.69) is 24.4 Å². The van der Waals surface area contributed by atoms with Gasteiger partial charge in [-0.15, -0.1) is 0 Å². The first kappa shape index (κ1) is 6.24. The van der Waals surface area contributed by atoms with Crippen molar-refractivity contribution in [2.45, 2.75) is 13.3 Å². The molecule has 0 spiro atoms. The molecule has 2 bridgehead atoms. The van der Waals surface area contributed by atoms with Crippen LogP contribution in [0.4, 0.5) is 0 Å². The van der Waals surface area contributed by atoms with E-state index < -0.39 is 0 Å². The molecule has 0 amide bonds. The minimum atomic E-state index is 0.624. The van der Waals surface area contributed by atoms with Crippen molar-refractivity contribution >= 4 is 0 Å². The molecular weight excluding hydrogens is 134 g/mol. The first-order valence-corrected chi connectivity index (χ1v) is 4.70. The summed E-state index contributed by atoms with van der Waals surface area (Å²) in [4.78, 5) is 0. The summed E-state index contributed by atoms with van der Waals surface area (Å²) in [6.45, 7) is 4.98. The van der Waals surface area contributed by atoms with Crippen LogP contribution < -0.4 is 5.32 Å². The highest BCUT2D eigenvalue weighted by Gasteiger charge is 2.54. The van der Waals surface area contributed by atoms with Crippen molar-refractivity contribution in [1.29, 1.82) is 0 Å². The lowest BCUT2D eigenvalue weighted by Gasteiger charge is -2.31. The molecule has 1 N–H and O–H groups in total. The quantitative estimate of drug-likeness (QED) is 0.514. The molecule has 0 unspecified atom stereocenters. The van der Waals surface area contributed by atoms with Gasteiger partial charge in [-0.1, -0.05) is 19.1 Å². The smallest absolute Gasteiger partial charge is 0.00143 e. The van der Waals surface area contributed by atoms with E-state index in [1.54, 1.807) is 0 Å². The van der Waals surface area contributed by atoms with Gasteiger partial charge in [0.1, 0.15) is 0 Å². The molecule has 4 atom stereocenters. The maximum Gasteiger partial charge on any atom is 0.00143 e. The van der Waals surface area contributed by atoms with Gasteiger partial charge in [-0.25, -0.2) is 0 Å². The third-order valence-corrected chi connectivity index (χ3v) is 4.20. The minimum Gasteiger partial charge on any atom is -0.316 e. The summed E-state index contributed by atoms with van der Waals surface area (Å²) in [5.74, 6) is 2.77. The van der Waals surface area contributed by atoms with Gasteiger partial charge in [0, 0.05) is 6.54 Å². The van der Waals surface area contributed by atoms with Crippen molar-refractivity contribution in [3.63, 3.8) is 0 Å². The number of rotatable bonds is 0. The van der Waals surface area contributed by atoms with Crippen LogP contribution >= 0.6 is 0 Å². The highest BCUT2D eigenvalue weighted by atomic mass is 15.0. The first-order chi connectivity index (χ1) is 5.31. The fourth-order valence-corrected chi connectivity index (χ4v) is 3.42. The third kappa shape index (κ3) is 0.572. The van der Waals surface area contributed by atoms with Gasteiger partial charge in [0.15, 0.2) is 0 Å². The van der Waals surface area contributed by atoms with Gasteiger partial charge in [-0.2, -0.15) is 0 Å². The van der Waals surface area contributed by atoms with E-state index in [9.17, 15) is 0 Å². The normalized spacial score (nSPS) is 58.8. The molecule has 1 heteroatoms. The summed E-state index contributed by atoms with van der Waals surface area (Å²) in [6.07, 6.45) is 6.35. The van der Waals surface area contributed by atoms with E-state index in [0.29, 0.717) is 5.41 Å². The third-order valence-electron chi connectivity index (χ3n) is 4.20. The zero-order valence-corrected chi connectivity index (χ0v) is 7.01. The van der Waals surface area contributed by atoms with Crippen LogP contribution in [-0.2, 0) is 0 Å². The maximum absolute atomic E-state index is 3.53. The van der Waals surface area contributed by atoms with Crippen LogP contribution in [0.3, 0.4) is 0 Å². The number of hydrogen-bond acceptors (Lipinski definition) is 1. The van der Waals surface area contributed by atoms with Gasteiger partial charge in [-0.05, 0) is 36.1 Å². The summed E-state index contributed by atoms with van der Waals surface area (Å²) in [6, 6.07) is 0. The van der Waals surface area contributed by atoms with Crippen molar-refractivity contribution in [2.75, 3.05) is 13.1 Å². The van der Waals surface area contributed by atoms with E-state index in [1.807, 2.05) is 0 Å². The van der Waals surface area contributed by atoms with Crippen molar-refractivity contribution in [3.05, 3.63) is 12.2 Å². The minimum absolute atomic E-state index is 0.624. The second-order valence-electron chi connectivity index (χ2n) is 4.63. The highest BCUT2D eigenvalue weighted by molar-refractivity contribution is 5.20. The molecule has 2 aliphatic carbocycles. The Balaban J connectivity index is 2.06. The molecule has 1 saturated carbocycles. The first-order valence-electron chi connectivity index (χ1n) is 4.70. The van der Waals surface area contributed by atoms with E-state index in [-0.39, 0.29) is 0 Å². The van der Waals surface area contributed by atoms with Gasteiger partial charge >= 0.3 is 0 Å². The summed E-state index contributed by atoms with van der Waals surface area (Å²) in [5.41, 5.74) is 0.624. The Morgan fingerprint density at radius 1 is 1.45 bits per heavy atom. The van der Waals surface area contributed by atoms with Crippen LogP contribution in [0.2, 0.25) is 0 Å². The lowest BCUT2D eigenvalue weighted by atomic mass is 9.72. The Morgan fingerprint density at radius 3 is 3.18 bits per heavy atom. The number of hydrogen-bond donors (Lipinski definition) is 1. The summed E-state index contributed by atoms with van der Waals surface area (Å²) >= 11 is 0. The number of nitrogens with one attached hydrogen (secondary N) is 1. The monoisotopic (exact) mass is 149 g/mol. The van der Waals surface area contributed by atoms with Crippen LogP contribution in [0.15, 0.2) is 12.2 Å². The molecule has 1 saturated heterocycles. The van der Waals surface area contributed by atoms with E-state index in [0.717, 1.165) is 17.8 Å². The van der Waals surface area contributed by atoms with Crippen LogP contribution in [-0.4, -0.2) is 13.1 Å². The van der Waals surface area contributed by atoms with E-state index in [1.165, 1.54) is 19.5 Å². The second-order valence-corrected chi connectivity index (χ2v) is 4.63. The zero-order chi connectivity index (χ0) is 7.47. The Bertz CT molecular complexity index is 221. The van der Waals surface area contributed by atoms with Crippen molar-refractivity contribution in [1.82, 2.24) is 5.32 Å². The van der Waals surface area contributed by atoms with Crippen molar-refractivity contribution < 1.29 is 0 Å². The largest absolute Gasteiger partial charge is 0.316 e. The SMILES string of the molecule is C[C@]12CNC[C@H]1[C@H]1C=C[C@@H]2C1. The average molecular weight is 149 g/mol. The summed E-state index contributed by atoms with van der Waals surface area (Å²) < 4.78 is 0. The van der Waals surface area contributed by atoms with Gasteiger partial charge in [0.25, 0.3) is 0 Å². The molecule has 3 aliphatic rings. The fourth-order valence-electron chi connectivity index (χ4n) is 3.42. The molecular formula is C10H15N. The Hall–Kier alpha value is -0.300. The molecule has 60 valence electrons. The van der Waals surface area contributed by atoms with Crippen molar-refractivity contribution in [2.24, 2.45) is 23.2 Å². The zero-order valence-electron chi connectivity index (χ0n) is 7.01. The van der Waals surface area contributed by atoms with Crippen LogP contribution in [0.1, 0.15) is 13.3 Å². The molecule has 0 radical (unpaired) electrons. The summed E-state index contributed by atoms with van der Waals surface area (Å²) in [5, 5.41) is 3.53. The predicted octanol–water partition coefficient (Wildman–Crippen LogP) is 1.42. The van der Waals surface area contributed by atoms with Crippen molar-refractivity contribution in [3.8, 4) is 0 Å². The molecule has 0 aromatic heterocycles. The molecule has 2 fully saturated rings. The highest BCUT2D eigenvalue weighted by Crippen LogP contribution is 2.57. The lowest BCUT2D eigenvalue weighted by Crippen LogP contribution is -2.30. The second kappa shape index (κ2) is 1.71. The van der Waals surface area contributed by atoms with Crippen LogP contribution in [0.25, 0.3) is 0 Å². The Kier molecular flexibility index (Phi) is 0.972. The van der Waals surface area contributed by atoms with Gasteiger partial charge in [-0.3, -0.25) is 0 Å². The van der Waals surface area contributed by atoms with E-state index in [4.69, 9.17) is 0 Å². The molecule has 11 heavy (non-hydrogen) atoms. The fraction of sp³-hybridized carbons (Fsp3) is 0.800. The van der Waals surface area contributed by atoms with Gasteiger partial charge < -0.3 is 5.32 Å². The standard InChI is InChI=1S/C10H15N/c1-10-6-11-5-9(10)7-2-3-8(10)4-7/h2-3,7-9,11H,4-6H2,1H3/t7-,8+,9-,10+/m0/s1. The molecule has 3 rings (SSSR count). The van der Waals surface area contributed by atoms with E-state index >= 15 is 0 Å². The van der Waals surface area contributed by atoms with Crippen LogP contribution in [0, 0.1) is 23.2 Å². The Morgan fingerprint density at radius 2 is 2.36 bits per heavy atom. The summed E-state index contributed by atoms with van der Waals surface area (Å²) in [7, 11) is 0. The molecule has 0 aromatic rings. The molecule has 1 nitrogen and oxygen atoms in total. The van der Waals surface area contributed by atoms with Gasteiger partial charge in [0.05, 0.1) is 0 Å². The molecule has 1 aliphatic heterocycles. The van der Waals surface area contributed by atoms with Crippen LogP contribution in [0.5, 0.6) is 0 Å². The average Bonchev–Trinajstić information content (AvgIpc) is 2.54. The lowest BCUT2D eigenvalue weighted by molar-refractivity contribution is 0.232. The molecule has 0 aromatic carbocycles. The molecule has 1 heterocycles.